The average molecular weight is 264 g/mol. The Morgan fingerprint density at radius 1 is 1.53 bits per heavy atom. The Bertz CT molecular complexity index is 421. The normalized spacial score (nSPS) is 19.3. The van der Waals surface area contributed by atoms with Gasteiger partial charge in [0.25, 0.3) is 0 Å². The van der Waals surface area contributed by atoms with Crippen molar-refractivity contribution in [3.63, 3.8) is 0 Å². The molecule has 0 aromatic carbocycles. The van der Waals surface area contributed by atoms with Crippen LogP contribution in [0.3, 0.4) is 0 Å². The summed E-state index contributed by atoms with van der Waals surface area (Å²) in [7, 11) is 3.54. The van der Waals surface area contributed by atoms with Gasteiger partial charge in [-0.05, 0) is 18.7 Å². The van der Waals surface area contributed by atoms with E-state index in [4.69, 9.17) is 4.74 Å². The molecule has 6 heteroatoms. The molecule has 6 nitrogen and oxygen atoms in total. The van der Waals surface area contributed by atoms with Gasteiger partial charge in [0.1, 0.15) is 11.9 Å². The number of hydrogen-bond donors (Lipinski definition) is 2. The van der Waals surface area contributed by atoms with Crippen LogP contribution in [-0.2, 0) is 16.1 Å². The average Bonchev–Trinajstić information content (AvgIpc) is 2.47. The Morgan fingerprint density at radius 3 is 3.00 bits per heavy atom. The highest BCUT2D eigenvalue weighted by molar-refractivity contribution is 5.85. The first-order valence-electron chi connectivity index (χ1n) is 6.41. The monoisotopic (exact) mass is 264 g/mol. The number of nitrogens with one attached hydrogen (secondary N) is 2. The molecule has 1 aromatic rings. The van der Waals surface area contributed by atoms with Gasteiger partial charge in [-0.1, -0.05) is 6.07 Å². The smallest absolute Gasteiger partial charge is 0.244 e. The van der Waals surface area contributed by atoms with Crippen LogP contribution in [0.15, 0.2) is 18.3 Å². The maximum atomic E-state index is 11.8. The maximum Gasteiger partial charge on any atom is 0.244 e. The number of carbonyl (C=O) groups is 1. The lowest BCUT2D eigenvalue weighted by Gasteiger charge is -2.35. The summed E-state index contributed by atoms with van der Waals surface area (Å²) in [5.74, 6) is 0.776. The van der Waals surface area contributed by atoms with Crippen molar-refractivity contribution in [1.82, 2.24) is 15.6 Å². The number of hydrogen-bond acceptors (Lipinski definition) is 5. The Morgan fingerprint density at radius 2 is 2.37 bits per heavy atom. The van der Waals surface area contributed by atoms with Crippen molar-refractivity contribution in [2.75, 3.05) is 38.8 Å². The van der Waals surface area contributed by atoms with Gasteiger partial charge in [-0.25, -0.2) is 4.98 Å². The summed E-state index contributed by atoms with van der Waals surface area (Å²) in [6.45, 7) is 2.48. The van der Waals surface area contributed by atoms with Crippen molar-refractivity contribution in [2.45, 2.75) is 12.6 Å². The number of aromatic nitrogens is 1. The van der Waals surface area contributed by atoms with Crippen LogP contribution in [0, 0.1) is 0 Å². The zero-order valence-electron chi connectivity index (χ0n) is 11.3. The fraction of sp³-hybridized carbons (Fsp3) is 0.538. The number of likely N-dealkylation sites (N-methyl/N-ethyl adjacent to an activating group) is 1. The lowest BCUT2D eigenvalue weighted by molar-refractivity contribution is -0.124. The lowest BCUT2D eigenvalue weighted by Crippen LogP contribution is -2.53. The second-order valence-corrected chi connectivity index (χ2v) is 4.45. The lowest BCUT2D eigenvalue weighted by atomic mass is 10.2. The van der Waals surface area contributed by atoms with Gasteiger partial charge in [-0.2, -0.15) is 0 Å². The summed E-state index contributed by atoms with van der Waals surface area (Å²) in [5.41, 5.74) is 1.12. The van der Waals surface area contributed by atoms with Gasteiger partial charge in [0, 0.05) is 26.3 Å². The number of amides is 1. The zero-order chi connectivity index (χ0) is 13.7. The minimum Gasteiger partial charge on any atom is -0.377 e. The van der Waals surface area contributed by atoms with E-state index in [9.17, 15) is 4.79 Å². The van der Waals surface area contributed by atoms with Gasteiger partial charge in [0.05, 0.1) is 13.2 Å². The van der Waals surface area contributed by atoms with Gasteiger partial charge in [-0.15, -0.1) is 0 Å². The molecule has 2 heterocycles. The topological polar surface area (TPSA) is 66.5 Å². The third-order valence-corrected chi connectivity index (χ3v) is 3.16. The molecule has 2 rings (SSSR count). The minimum absolute atomic E-state index is 0.0409. The molecule has 2 N–H and O–H groups in total. The van der Waals surface area contributed by atoms with E-state index in [0.29, 0.717) is 19.8 Å². The molecule has 0 saturated carbocycles. The fourth-order valence-electron chi connectivity index (χ4n) is 2.16. The molecule has 1 aromatic heterocycles. The highest BCUT2D eigenvalue weighted by Crippen LogP contribution is 2.17. The van der Waals surface area contributed by atoms with E-state index in [1.807, 2.05) is 30.3 Å². The van der Waals surface area contributed by atoms with Crippen LogP contribution < -0.4 is 15.5 Å². The summed E-state index contributed by atoms with van der Waals surface area (Å²) in [6, 6.07) is 3.67. The summed E-state index contributed by atoms with van der Waals surface area (Å²) in [4.78, 5) is 18.3. The van der Waals surface area contributed by atoms with E-state index in [2.05, 4.69) is 15.6 Å². The van der Waals surface area contributed by atoms with Crippen LogP contribution in [0.25, 0.3) is 0 Å². The van der Waals surface area contributed by atoms with E-state index in [0.717, 1.165) is 17.9 Å². The van der Waals surface area contributed by atoms with E-state index < -0.39 is 0 Å². The van der Waals surface area contributed by atoms with Crippen molar-refractivity contribution in [1.29, 1.82) is 0 Å². The molecule has 1 unspecified atom stereocenters. The second-order valence-electron chi connectivity index (χ2n) is 4.45. The van der Waals surface area contributed by atoms with E-state index in [1.54, 1.807) is 7.05 Å². The quantitative estimate of drug-likeness (QED) is 0.785. The molecule has 19 heavy (non-hydrogen) atoms. The number of anilines is 1. The van der Waals surface area contributed by atoms with Crippen molar-refractivity contribution in [3.05, 3.63) is 23.9 Å². The van der Waals surface area contributed by atoms with Gasteiger partial charge in [0.2, 0.25) is 5.91 Å². The number of morpholine rings is 1. The van der Waals surface area contributed by atoms with Gasteiger partial charge in [-0.3, -0.25) is 4.79 Å². The molecule has 1 fully saturated rings. The van der Waals surface area contributed by atoms with Crippen LogP contribution in [0.2, 0.25) is 0 Å². The van der Waals surface area contributed by atoms with Crippen LogP contribution in [0.1, 0.15) is 5.56 Å². The first-order chi connectivity index (χ1) is 9.26. The molecule has 1 aliphatic heterocycles. The Hall–Kier alpha value is -1.66. The number of carbonyl (C=O) groups excluding carboxylic acids is 1. The SMILES string of the molecule is CNCc1ccc(N2CCOCC2C(=O)NC)nc1. The first kappa shape index (κ1) is 13.8. The van der Waals surface area contributed by atoms with Crippen molar-refractivity contribution in [2.24, 2.45) is 0 Å². The summed E-state index contributed by atoms with van der Waals surface area (Å²) in [5, 5.41) is 5.75. The molecular weight excluding hydrogens is 244 g/mol. The summed E-state index contributed by atoms with van der Waals surface area (Å²) >= 11 is 0. The molecule has 1 amide bonds. The van der Waals surface area contributed by atoms with Crippen molar-refractivity contribution < 1.29 is 9.53 Å². The third kappa shape index (κ3) is 3.21. The Balaban J connectivity index is 2.15. The summed E-state index contributed by atoms with van der Waals surface area (Å²) < 4.78 is 5.38. The zero-order valence-corrected chi connectivity index (χ0v) is 11.3. The molecule has 0 spiro atoms. The van der Waals surface area contributed by atoms with E-state index >= 15 is 0 Å². The predicted octanol–water partition coefficient (Wildman–Crippen LogP) is -0.248. The van der Waals surface area contributed by atoms with E-state index in [1.165, 1.54) is 0 Å². The summed E-state index contributed by atoms with van der Waals surface area (Å²) in [6.07, 6.45) is 1.84. The fourth-order valence-corrected chi connectivity index (χ4v) is 2.16. The third-order valence-electron chi connectivity index (χ3n) is 3.16. The van der Waals surface area contributed by atoms with Crippen LogP contribution in [0.4, 0.5) is 5.82 Å². The maximum absolute atomic E-state index is 11.8. The minimum atomic E-state index is -0.304. The van der Waals surface area contributed by atoms with Crippen LogP contribution in [0.5, 0.6) is 0 Å². The molecular formula is C13H20N4O2. The Kier molecular flexibility index (Phi) is 4.70. The number of rotatable bonds is 4. The highest BCUT2D eigenvalue weighted by Gasteiger charge is 2.29. The van der Waals surface area contributed by atoms with E-state index in [-0.39, 0.29) is 11.9 Å². The van der Waals surface area contributed by atoms with Crippen LogP contribution in [-0.4, -0.2) is 50.8 Å². The predicted molar refractivity (Wildman–Crippen MR) is 73.0 cm³/mol. The van der Waals surface area contributed by atoms with Crippen molar-refractivity contribution in [3.8, 4) is 0 Å². The highest BCUT2D eigenvalue weighted by atomic mass is 16.5. The molecule has 0 aliphatic carbocycles. The van der Waals surface area contributed by atoms with Gasteiger partial charge >= 0.3 is 0 Å². The standard InChI is InChI=1S/C13H20N4O2/c1-14-7-10-3-4-12(16-8-10)17-5-6-19-9-11(17)13(18)15-2/h3-4,8,11,14H,5-7,9H2,1-2H3,(H,15,18). The number of ether oxygens (including phenoxy) is 1. The molecule has 0 radical (unpaired) electrons. The molecule has 0 bridgehead atoms. The van der Waals surface area contributed by atoms with Gasteiger partial charge in [0.15, 0.2) is 0 Å². The van der Waals surface area contributed by atoms with Crippen LogP contribution >= 0.6 is 0 Å². The Labute approximate surface area is 113 Å². The molecule has 104 valence electrons. The largest absolute Gasteiger partial charge is 0.377 e. The van der Waals surface area contributed by atoms with Crippen molar-refractivity contribution >= 4 is 11.7 Å². The molecule has 1 aliphatic rings. The molecule has 1 atom stereocenters. The first-order valence-corrected chi connectivity index (χ1v) is 6.41. The number of pyridine rings is 1. The second kappa shape index (κ2) is 6.49. The van der Waals surface area contributed by atoms with Gasteiger partial charge < -0.3 is 20.3 Å². The molecule has 1 saturated heterocycles. The number of nitrogens with zero attached hydrogens (tertiary/aromatic N) is 2.